The minimum atomic E-state index is -0.517. The molecule has 1 atom stereocenters. The van der Waals surface area contributed by atoms with Crippen molar-refractivity contribution in [1.82, 2.24) is 0 Å². The first-order valence-electron chi connectivity index (χ1n) is 6.29. The zero-order chi connectivity index (χ0) is 12.9. The zero-order valence-corrected chi connectivity index (χ0v) is 11.2. The second kappa shape index (κ2) is 5.85. The number of esters is 1. The summed E-state index contributed by atoms with van der Waals surface area (Å²) in [6.45, 7) is 7.77. The highest BCUT2D eigenvalue weighted by Gasteiger charge is 2.36. The van der Waals surface area contributed by atoms with Crippen molar-refractivity contribution in [2.24, 2.45) is 5.92 Å². The Morgan fingerprint density at radius 1 is 1.24 bits per heavy atom. The topological polar surface area (TPSA) is 26.3 Å². The minimum Gasteiger partial charge on any atom is -0.454 e. The van der Waals surface area contributed by atoms with Crippen molar-refractivity contribution >= 4 is 5.97 Å². The molecule has 0 saturated heterocycles. The van der Waals surface area contributed by atoms with E-state index in [1.807, 2.05) is 37.3 Å². The summed E-state index contributed by atoms with van der Waals surface area (Å²) in [5.41, 5.74) is 0.556. The summed E-state index contributed by atoms with van der Waals surface area (Å²) in [6, 6.07) is 10.0. The molecule has 0 fully saturated rings. The predicted molar refractivity (Wildman–Crippen MR) is 69.6 cm³/mol. The summed E-state index contributed by atoms with van der Waals surface area (Å²) in [5.74, 6) is 0.122. The Morgan fingerprint density at radius 2 is 1.76 bits per heavy atom. The molecule has 0 radical (unpaired) electrons. The lowest BCUT2D eigenvalue weighted by atomic mass is 9.79. The second-order valence-electron chi connectivity index (χ2n) is 4.58. The fraction of sp³-hybridized carbons (Fsp3) is 0.533. The zero-order valence-electron chi connectivity index (χ0n) is 11.2. The van der Waals surface area contributed by atoms with Gasteiger partial charge in [0.05, 0.1) is 0 Å². The Hall–Kier alpha value is -1.31. The smallest absolute Gasteiger partial charge is 0.303 e. The van der Waals surface area contributed by atoms with Crippen LogP contribution in [0.4, 0.5) is 0 Å². The Bertz CT molecular complexity index is 354. The van der Waals surface area contributed by atoms with Crippen LogP contribution in [0.15, 0.2) is 30.3 Å². The van der Waals surface area contributed by atoms with Gasteiger partial charge in [-0.25, -0.2) is 0 Å². The quantitative estimate of drug-likeness (QED) is 0.722. The predicted octanol–water partition coefficient (Wildman–Crippen LogP) is 3.90. The molecule has 1 unspecified atom stereocenters. The van der Waals surface area contributed by atoms with Gasteiger partial charge in [0.15, 0.2) is 0 Å². The monoisotopic (exact) mass is 234 g/mol. The maximum Gasteiger partial charge on any atom is 0.303 e. The summed E-state index contributed by atoms with van der Waals surface area (Å²) in [7, 11) is 0. The van der Waals surface area contributed by atoms with Crippen LogP contribution in [0.1, 0.15) is 46.1 Å². The molecule has 1 aromatic carbocycles. The van der Waals surface area contributed by atoms with Crippen molar-refractivity contribution in [1.29, 1.82) is 0 Å². The molecule has 1 aromatic rings. The van der Waals surface area contributed by atoms with E-state index in [1.54, 1.807) is 0 Å². The van der Waals surface area contributed by atoms with Gasteiger partial charge < -0.3 is 4.74 Å². The highest BCUT2D eigenvalue weighted by atomic mass is 16.6. The average molecular weight is 234 g/mol. The van der Waals surface area contributed by atoms with E-state index in [0.29, 0.717) is 5.92 Å². The minimum absolute atomic E-state index is 0.219. The number of rotatable bonds is 5. The molecule has 0 saturated carbocycles. The Kier molecular flexibility index (Phi) is 4.73. The number of carbonyl (C=O) groups is 1. The lowest BCUT2D eigenvalue weighted by molar-refractivity contribution is -0.163. The van der Waals surface area contributed by atoms with Crippen molar-refractivity contribution in [2.45, 2.75) is 46.1 Å². The van der Waals surface area contributed by atoms with E-state index in [9.17, 15) is 4.79 Å². The van der Waals surface area contributed by atoms with Crippen LogP contribution in [0.2, 0.25) is 0 Å². The molecule has 2 heteroatoms. The third-order valence-corrected chi connectivity index (χ3v) is 3.47. The number of carbonyl (C=O) groups excluding carboxylic acids is 1. The molecule has 17 heavy (non-hydrogen) atoms. The van der Waals surface area contributed by atoms with Gasteiger partial charge >= 0.3 is 5.97 Å². The number of benzene rings is 1. The average Bonchev–Trinajstić information content (AvgIpc) is 2.30. The van der Waals surface area contributed by atoms with Gasteiger partial charge in [0.2, 0.25) is 0 Å². The van der Waals surface area contributed by atoms with Gasteiger partial charge in [-0.05, 0) is 25.3 Å². The van der Waals surface area contributed by atoms with E-state index in [-0.39, 0.29) is 5.97 Å². The highest BCUT2D eigenvalue weighted by Crippen LogP contribution is 2.37. The molecule has 94 valence electrons. The molecule has 2 nitrogen and oxygen atoms in total. The van der Waals surface area contributed by atoms with E-state index in [0.717, 1.165) is 18.4 Å². The van der Waals surface area contributed by atoms with Gasteiger partial charge in [-0.3, -0.25) is 4.79 Å². The van der Waals surface area contributed by atoms with Crippen LogP contribution in [0, 0.1) is 5.92 Å². The number of hydrogen-bond acceptors (Lipinski definition) is 2. The molecule has 0 aromatic heterocycles. The van der Waals surface area contributed by atoms with E-state index < -0.39 is 5.60 Å². The third kappa shape index (κ3) is 3.09. The fourth-order valence-corrected chi connectivity index (χ4v) is 2.51. The van der Waals surface area contributed by atoms with Gasteiger partial charge in [-0.15, -0.1) is 0 Å². The van der Waals surface area contributed by atoms with Gasteiger partial charge in [0, 0.05) is 12.8 Å². The van der Waals surface area contributed by atoms with Gasteiger partial charge in [-0.2, -0.15) is 0 Å². The molecular weight excluding hydrogens is 212 g/mol. The maximum atomic E-state index is 11.3. The van der Waals surface area contributed by atoms with E-state index >= 15 is 0 Å². The molecule has 1 rings (SSSR count). The Labute approximate surface area is 104 Å². The molecule has 0 bridgehead atoms. The molecule has 0 N–H and O–H groups in total. The van der Waals surface area contributed by atoms with Crippen LogP contribution in [0.25, 0.3) is 0 Å². The highest BCUT2D eigenvalue weighted by molar-refractivity contribution is 5.66. The first-order chi connectivity index (χ1) is 8.04. The molecule has 0 amide bonds. The van der Waals surface area contributed by atoms with Crippen LogP contribution in [-0.4, -0.2) is 5.97 Å². The fourth-order valence-electron chi connectivity index (χ4n) is 2.51. The molecular formula is C15H22O2. The van der Waals surface area contributed by atoms with Crippen molar-refractivity contribution in [3.63, 3.8) is 0 Å². The van der Waals surface area contributed by atoms with Crippen molar-refractivity contribution in [2.75, 3.05) is 0 Å². The van der Waals surface area contributed by atoms with Crippen molar-refractivity contribution in [3.8, 4) is 0 Å². The van der Waals surface area contributed by atoms with E-state index in [2.05, 4.69) is 13.8 Å². The lowest BCUT2D eigenvalue weighted by Gasteiger charge is -2.36. The van der Waals surface area contributed by atoms with Crippen molar-refractivity contribution < 1.29 is 9.53 Å². The first-order valence-corrected chi connectivity index (χ1v) is 6.29. The molecule has 0 aliphatic carbocycles. The Morgan fingerprint density at radius 3 is 2.18 bits per heavy atom. The lowest BCUT2D eigenvalue weighted by Crippen LogP contribution is -2.36. The van der Waals surface area contributed by atoms with Gasteiger partial charge in [-0.1, -0.05) is 44.2 Å². The van der Waals surface area contributed by atoms with Crippen LogP contribution in [0.3, 0.4) is 0 Å². The largest absolute Gasteiger partial charge is 0.454 e. The summed E-state index contributed by atoms with van der Waals surface area (Å²) >= 11 is 0. The normalized spacial score (nSPS) is 14.4. The number of hydrogen-bond donors (Lipinski definition) is 0. The molecule has 0 heterocycles. The van der Waals surface area contributed by atoms with Crippen LogP contribution in [-0.2, 0) is 15.1 Å². The molecule has 0 spiro atoms. The van der Waals surface area contributed by atoms with Crippen molar-refractivity contribution in [3.05, 3.63) is 35.9 Å². The summed E-state index contributed by atoms with van der Waals surface area (Å²) in [5, 5.41) is 0. The van der Waals surface area contributed by atoms with Crippen LogP contribution < -0.4 is 0 Å². The SMILES string of the molecule is CCC(CC)C(C)(OC(C)=O)c1ccccc1. The van der Waals surface area contributed by atoms with Crippen LogP contribution >= 0.6 is 0 Å². The van der Waals surface area contributed by atoms with Gasteiger partial charge in [0.1, 0.15) is 5.60 Å². The molecule has 0 aliphatic heterocycles. The summed E-state index contributed by atoms with van der Waals surface area (Å²) in [6.07, 6.45) is 1.99. The summed E-state index contributed by atoms with van der Waals surface area (Å²) in [4.78, 5) is 11.3. The first kappa shape index (κ1) is 13.8. The van der Waals surface area contributed by atoms with Gasteiger partial charge in [0.25, 0.3) is 0 Å². The van der Waals surface area contributed by atoms with E-state index in [1.165, 1.54) is 6.92 Å². The Balaban J connectivity index is 3.13. The maximum absolute atomic E-state index is 11.3. The third-order valence-electron chi connectivity index (χ3n) is 3.47. The number of ether oxygens (including phenoxy) is 1. The molecule has 0 aliphatic rings. The van der Waals surface area contributed by atoms with E-state index in [4.69, 9.17) is 4.74 Å². The van der Waals surface area contributed by atoms with Crippen LogP contribution in [0.5, 0.6) is 0 Å². The standard InChI is InChI=1S/C15H22O2/c1-5-13(6-2)15(4,17-12(3)16)14-10-8-7-9-11-14/h7-11,13H,5-6H2,1-4H3. The summed E-state index contributed by atoms with van der Waals surface area (Å²) < 4.78 is 5.63. The second-order valence-corrected chi connectivity index (χ2v) is 4.58.